The minimum absolute atomic E-state index is 0.0943. The third-order valence-corrected chi connectivity index (χ3v) is 5.07. The predicted octanol–water partition coefficient (Wildman–Crippen LogP) is 5.32. The van der Waals surface area contributed by atoms with Crippen LogP contribution >= 0.6 is 0 Å². The molecule has 0 saturated heterocycles. The summed E-state index contributed by atoms with van der Waals surface area (Å²) in [6.45, 7) is 0.560. The summed E-state index contributed by atoms with van der Waals surface area (Å²) < 4.78 is 15.7. The number of fused-ring (bicyclic) bond motifs is 2. The summed E-state index contributed by atoms with van der Waals surface area (Å²) >= 11 is 0. The van der Waals surface area contributed by atoms with Gasteiger partial charge in [0.2, 0.25) is 0 Å². The molecule has 136 valence electrons. The maximum Gasteiger partial charge on any atom is 0.256 e. The molecule has 28 heavy (non-hydrogen) atoms. The minimum atomic E-state index is -0.240. The normalized spacial score (nSPS) is 14.5. The van der Waals surface area contributed by atoms with E-state index in [1.807, 2.05) is 66.9 Å². The first-order valence-electron chi connectivity index (χ1n) is 9.14. The number of para-hydroxylation sites is 2. The van der Waals surface area contributed by atoms with Gasteiger partial charge in [0, 0.05) is 46.0 Å². The largest absolute Gasteiger partial charge is 0.342 e. The van der Waals surface area contributed by atoms with Gasteiger partial charge in [-0.25, -0.2) is 4.39 Å². The molecule has 0 unspecified atom stereocenters. The molecule has 0 aliphatic carbocycles. The zero-order valence-electron chi connectivity index (χ0n) is 15.0. The van der Waals surface area contributed by atoms with E-state index >= 15 is 0 Å². The van der Waals surface area contributed by atoms with Crippen molar-refractivity contribution in [2.24, 2.45) is 0 Å². The minimum Gasteiger partial charge on any atom is -0.342 e. The molecule has 0 spiro atoms. The van der Waals surface area contributed by atoms with E-state index in [2.05, 4.69) is 9.88 Å². The van der Waals surface area contributed by atoms with Gasteiger partial charge in [-0.1, -0.05) is 48.5 Å². The van der Waals surface area contributed by atoms with Crippen molar-refractivity contribution in [1.29, 1.82) is 0 Å². The predicted molar refractivity (Wildman–Crippen MR) is 110 cm³/mol. The third kappa shape index (κ3) is 2.79. The summed E-state index contributed by atoms with van der Waals surface area (Å²) in [6, 6.07) is 22.4. The number of nitrogens with zero attached hydrogens (tertiary/aromatic N) is 1. The summed E-state index contributed by atoms with van der Waals surface area (Å²) in [7, 11) is 0. The highest BCUT2D eigenvalue weighted by molar-refractivity contribution is 6.35. The zero-order chi connectivity index (χ0) is 19.1. The summed E-state index contributed by atoms with van der Waals surface area (Å²) in [5.74, 6) is -0.335. The second-order valence-corrected chi connectivity index (χ2v) is 6.92. The van der Waals surface area contributed by atoms with Crippen LogP contribution in [0.3, 0.4) is 0 Å². The van der Waals surface area contributed by atoms with E-state index in [1.165, 1.54) is 6.07 Å². The molecule has 3 aromatic carbocycles. The van der Waals surface area contributed by atoms with Gasteiger partial charge in [-0.15, -0.1) is 0 Å². The molecule has 4 aromatic rings. The molecular formula is C24H17FN2O. The van der Waals surface area contributed by atoms with Gasteiger partial charge in [0.25, 0.3) is 5.91 Å². The standard InChI is InChI=1S/C24H17FN2O/c25-18-7-5-6-16(12-18)14-27-15-17(19-8-2-4-11-23(19)27)13-21-20-9-1-3-10-22(20)26-24(21)28/h1-13,15H,14H2,(H,26,28). The fraction of sp³-hybridized carbons (Fsp3) is 0.0417. The van der Waals surface area contributed by atoms with Crippen molar-refractivity contribution in [2.45, 2.75) is 6.54 Å². The van der Waals surface area contributed by atoms with Crippen LogP contribution in [0.15, 0.2) is 79.0 Å². The number of hydrogen-bond acceptors (Lipinski definition) is 1. The number of carbonyl (C=O) groups excluding carboxylic acids is 1. The molecule has 0 radical (unpaired) electrons. The second kappa shape index (κ2) is 6.50. The molecule has 1 N–H and O–H groups in total. The van der Waals surface area contributed by atoms with Crippen molar-refractivity contribution < 1.29 is 9.18 Å². The Morgan fingerprint density at radius 3 is 2.68 bits per heavy atom. The van der Waals surface area contributed by atoms with Crippen molar-refractivity contribution in [3.63, 3.8) is 0 Å². The first kappa shape index (κ1) is 16.5. The van der Waals surface area contributed by atoms with Crippen molar-refractivity contribution in [2.75, 3.05) is 5.32 Å². The smallest absolute Gasteiger partial charge is 0.256 e. The molecule has 0 fully saturated rings. The molecule has 5 rings (SSSR count). The lowest BCUT2D eigenvalue weighted by Crippen LogP contribution is -2.03. The SMILES string of the molecule is O=C1Nc2ccccc2C1=Cc1cn(Cc2cccc(F)c2)c2ccccc12. The number of benzene rings is 3. The van der Waals surface area contributed by atoms with Crippen LogP contribution in [-0.4, -0.2) is 10.5 Å². The second-order valence-electron chi connectivity index (χ2n) is 6.92. The van der Waals surface area contributed by atoms with Crippen LogP contribution in [0.2, 0.25) is 0 Å². The molecule has 4 heteroatoms. The number of nitrogens with one attached hydrogen (secondary N) is 1. The lowest BCUT2D eigenvalue weighted by Gasteiger charge is -2.05. The monoisotopic (exact) mass is 368 g/mol. The number of carbonyl (C=O) groups is 1. The molecule has 0 atom stereocenters. The zero-order valence-corrected chi connectivity index (χ0v) is 15.0. The van der Waals surface area contributed by atoms with Crippen LogP contribution in [0, 0.1) is 5.82 Å². The van der Waals surface area contributed by atoms with Crippen LogP contribution in [0.25, 0.3) is 22.6 Å². The van der Waals surface area contributed by atoms with Crippen LogP contribution in [0.1, 0.15) is 16.7 Å². The fourth-order valence-corrected chi connectivity index (χ4v) is 3.79. The molecular weight excluding hydrogens is 351 g/mol. The highest BCUT2D eigenvalue weighted by atomic mass is 19.1. The van der Waals surface area contributed by atoms with Gasteiger partial charge in [0.15, 0.2) is 0 Å². The summed E-state index contributed by atoms with van der Waals surface area (Å²) in [5.41, 5.74) is 5.31. The molecule has 0 saturated carbocycles. The molecule has 1 amide bonds. The number of rotatable bonds is 3. The van der Waals surface area contributed by atoms with E-state index in [-0.39, 0.29) is 11.7 Å². The Kier molecular flexibility index (Phi) is 3.83. The summed E-state index contributed by atoms with van der Waals surface area (Å²) in [6.07, 6.45) is 3.96. The highest BCUT2D eigenvalue weighted by Crippen LogP contribution is 2.34. The first-order chi connectivity index (χ1) is 13.7. The van der Waals surface area contributed by atoms with Gasteiger partial charge < -0.3 is 9.88 Å². The topological polar surface area (TPSA) is 34.0 Å². The Balaban J connectivity index is 1.62. The molecule has 2 heterocycles. The van der Waals surface area contributed by atoms with E-state index in [0.717, 1.165) is 33.3 Å². The van der Waals surface area contributed by atoms with Crippen LogP contribution in [0.5, 0.6) is 0 Å². The molecule has 1 aliphatic rings. The van der Waals surface area contributed by atoms with Gasteiger partial charge in [0.1, 0.15) is 5.82 Å². The van der Waals surface area contributed by atoms with Crippen LogP contribution in [0.4, 0.5) is 10.1 Å². The molecule has 1 aromatic heterocycles. The molecule has 1 aliphatic heterocycles. The van der Waals surface area contributed by atoms with E-state index in [4.69, 9.17) is 0 Å². The summed E-state index contributed by atoms with van der Waals surface area (Å²) in [5, 5.41) is 3.97. The lowest BCUT2D eigenvalue weighted by atomic mass is 10.0. The first-order valence-corrected chi connectivity index (χ1v) is 9.14. The number of hydrogen-bond donors (Lipinski definition) is 1. The molecule has 0 bridgehead atoms. The number of aromatic nitrogens is 1. The maximum atomic E-state index is 13.6. The van der Waals surface area contributed by atoms with Gasteiger partial charge in [-0.2, -0.15) is 0 Å². The lowest BCUT2D eigenvalue weighted by molar-refractivity contribution is -0.110. The summed E-state index contributed by atoms with van der Waals surface area (Å²) in [4.78, 5) is 12.5. The van der Waals surface area contributed by atoms with Crippen molar-refractivity contribution in [3.8, 4) is 0 Å². The van der Waals surface area contributed by atoms with E-state index in [1.54, 1.807) is 12.1 Å². The average molecular weight is 368 g/mol. The quantitative estimate of drug-likeness (QED) is 0.488. The Morgan fingerprint density at radius 1 is 0.964 bits per heavy atom. The number of halogens is 1. The van der Waals surface area contributed by atoms with Gasteiger partial charge in [-0.05, 0) is 35.9 Å². The molecule has 3 nitrogen and oxygen atoms in total. The highest BCUT2D eigenvalue weighted by Gasteiger charge is 2.23. The number of anilines is 1. The van der Waals surface area contributed by atoms with Gasteiger partial charge in [-0.3, -0.25) is 4.79 Å². The van der Waals surface area contributed by atoms with E-state index in [9.17, 15) is 9.18 Å². The van der Waals surface area contributed by atoms with Crippen molar-refractivity contribution >= 4 is 34.1 Å². The Labute approximate surface area is 161 Å². The van der Waals surface area contributed by atoms with Gasteiger partial charge >= 0.3 is 0 Å². The Hall–Kier alpha value is -3.66. The Bertz CT molecular complexity index is 1250. The van der Waals surface area contributed by atoms with Crippen LogP contribution in [-0.2, 0) is 11.3 Å². The Morgan fingerprint density at radius 2 is 1.79 bits per heavy atom. The third-order valence-electron chi connectivity index (χ3n) is 5.07. The van der Waals surface area contributed by atoms with E-state index in [0.29, 0.717) is 12.1 Å². The van der Waals surface area contributed by atoms with Crippen molar-refractivity contribution in [1.82, 2.24) is 4.57 Å². The average Bonchev–Trinajstić information content (AvgIpc) is 3.20. The van der Waals surface area contributed by atoms with Gasteiger partial charge in [0.05, 0.1) is 0 Å². The number of amides is 1. The maximum absolute atomic E-state index is 13.6. The van der Waals surface area contributed by atoms with Crippen LogP contribution < -0.4 is 5.32 Å². The fourth-order valence-electron chi connectivity index (χ4n) is 3.79. The van der Waals surface area contributed by atoms with E-state index < -0.39 is 0 Å². The van der Waals surface area contributed by atoms with Crippen molar-refractivity contribution in [3.05, 3.63) is 102 Å².